The number of ether oxygens (including phenoxy) is 2. The second-order valence-corrected chi connectivity index (χ2v) is 7.40. The van der Waals surface area contributed by atoms with E-state index in [1.807, 2.05) is 24.3 Å². The lowest BCUT2D eigenvalue weighted by Crippen LogP contribution is -2.46. The molecule has 1 saturated heterocycles. The summed E-state index contributed by atoms with van der Waals surface area (Å²) in [6.45, 7) is 3.35. The molecule has 0 aromatic heterocycles. The summed E-state index contributed by atoms with van der Waals surface area (Å²) in [5.41, 5.74) is 1.83. The summed E-state index contributed by atoms with van der Waals surface area (Å²) in [7, 11) is 1.62. The third kappa shape index (κ3) is 7.21. The molecule has 0 aliphatic carbocycles. The van der Waals surface area contributed by atoms with Crippen molar-refractivity contribution in [3.8, 4) is 5.75 Å². The molecule has 2 aromatic carbocycles. The van der Waals surface area contributed by atoms with Crippen LogP contribution in [-0.2, 0) is 16.1 Å². The molecule has 2 aromatic rings. The third-order valence-corrected chi connectivity index (χ3v) is 5.26. The van der Waals surface area contributed by atoms with Gasteiger partial charge in [0.15, 0.2) is 0 Å². The molecule has 9 heteroatoms. The lowest BCUT2D eigenvalue weighted by Gasteiger charge is -2.35. The summed E-state index contributed by atoms with van der Waals surface area (Å²) in [6.07, 6.45) is 0. The van der Waals surface area contributed by atoms with E-state index in [2.05, 4.69) is 20.9 Å². The van der Waals surface area contributed by atoms with E-state index in [-0.39, 0.29) is 30.9 Å². The highest BCUT2D eigenvalue weighted by Gasteiger charge is 2.23. The number of amides is 3. The Kier molecular flexibility index (Phi) is 8.82. The number of hydrogen-bond acceptors (Lipinski definition) is 5. The number of urea groups is 1. The Morgan fingerprint density at radius 1 is 1.03 bits per heavy atom. The molecule has 0 radical (unpaired) electrons. The van der Waals surface area contributed by atoms with Gasteiger partial charge in [-0.05, 0) is 35.4 Å². The number of methoxy groups -OCH3 is 1. The van der Waals surface area contributed by atoms with Gasteiger partial charge in [0.05, 0.1) is 32.9 Å². The van der Waals surface area contributed by atoms with Crippen molar-refractivity contribution in [1.82, 2.24) is 20.9 Å². The summed E-state index contributed by atoms with van der Waals surface area (Å²) in [5, 5.41) is 8.08. The molecule has 0 spiro atoms. The van der Waals surface area contributed by atoms with Gasteiger partial charge < -0.3 is 25.4 Å². The van der Waals surface area contributed by atoms with Gasteiger partial charge in [0.1, 0.15) is 11.6 Å². The zero-order chi connectivity index (χ0) is 22.8. The van der Waals surface area contributed by atoms with Crippen LogP contribution in [0.1, 0.15) is 17.2 Å². The quantitative estimate of drug-likeness (QED) is 0.549. The number of carbonyl (C=O) groups excluding carboxylic acids is 2. The zero-order valence-corrected chi connectivity index (χ0v) is 18.1. The van der Waals surface area contributed by atoms with Crippen LogP contribution in [0.5, 0.6) is 5.75 Å². The first-order chi connectivity index (χ1) is 15.5. The molecular weight excluding hydrogens is 415 g/mol. The summed E-state index contributed by atoms with van der Waals surface area (Å²) < 4.78 is 23.6. The topological polar surface area (TPSA) is 91.9 Å². The number of carbonyl (C=O) groups is 2. The van der Waals surface area contributed by atoms with Gasteiger partial charge in [-0.1, -0.05) is 24.3 Å². The van der Waals surface area contributed by atoms with E-state index in [4.69, 9.17) is 9.47 Å². The Labute approximate surface area is 187 Å². The molecule has 3 N–H and O–H groups in total. The Morgan fingerprint density at radius 3 is 2.38 bits per heavy atom. The van der Waals surface area contributed by atoms with Crippen LogP contribution in [0.2, 0.25) is 0 Å². The lowest BCUT2D eigenvalue weighted by molar-refractivity contribution is -0.120. The van der Waals surface area contributed by atoms with E-state index in [9.17, 15) is 14.0 Å². The van der Waals surface area contributed by atoms with E-state index < -0.39 is 6.03 Å². The third-order valence-electron chi connectivity index (χ3n) is 5.26. The van der Waals surface area contributed by atoms with Crippen molar-refractivity contribution in [3.05, 3.63) is 65.5 Å². The standard InChI is InChI=1S/C23H29FN4O4/c1-31-20-8-4-18(5-9-20)21(28-10-12-32-13-11-28)15-25-22(29)16-27-23(30)26-14-17-2-6-19(24)7-3-17/h2-9,21H,10-16H2,1H3,(H,25,29)(H2,26,27,30)/t21-/m1/s1. The van der Waals surface area contributed by atoms with Crippen molar-refractivity contribution in [2.24, 2.45) is 0 Å². The van der Waals surface area contributed by atoms with Crippen LogP contribution in [0.3, 0.4) is 0 Å². The fourth-order valence-corrected chi connectivity index (χ4v) is 3.45. The molecule has 3 amide bonds. The Morgan fingerprint density at radius 2 is 1.72 bits per heavy atom. The minimum absolute atomic E-state index is 0.0129. The monoisotopic (exact) mass is 444 g/mol. The highest BCUT2D eigenvalue weighted by molar-refractivity contribution is 5.83. The number of morpholine rings is 1. The minimum atomic E-state index is -0.468. The van der Waals surface area contributed by atoms with E-state index in [1.54, 1.807) is 19.2 Å². The van der Waals surface area contributed by atoms with Crippen LogP contribution in [-0.4, -0.2) is 63.3 Å². The van der Waals surface area contributed by atoms with Gasteiger partial charge in [0, 0.05) is 26.2 Å². The Balaban J connectivity index is 1.47. The lowest BCUT2D eigenvalue weighted by atomic mass is 10.0. The Bertz CT molecular complexity index is 871. The van der Waals surface area contributed by atoms with Crippen molar-refractivity contribution < 1.29 is 23.5 Å². The first kappa shape index (κ1) is 23.5. The van der Waals surface area contributed by atoms with Crippen LogP contribution in [0.15, 0.2) is 48.5 Å². The normalized spacial score (nSPS) is 14.9. The predicted octanol–water partition coefficient (Wildman–Crippen LogP) is 1.82. The van der Waals surface area contributed by atoms with E-state index >= 15 is 0 Å². The van der Waals surface area contributed by atoms with Gasteiger partial charge in [-0.15, -0.1) is 0 Å². The van der Waals surface area contributed by atoms with Crippen molar-refractivity contribution in [1.29, 1.82) is 0 Å². The minimum Gasteiger partial charge on any atom is -0.497 e. The van der Waals surface area contributed by atoms with E-state index in [0.717, 1.165) is 30.0 Å². The van der Waals surface area contributed by atoms with Crippen LogP contribution < -0.4 is 20.7 Å². The fourth-order valence-electron chi connectivity index (χ4n) is 3.45. The van der Waals surface area contributed by atoms with Gasteiger partial charge in [-0.3, -0.25) is 9.69 Å². The first-order valence-electron chi connectivity index (χ1n) is 10.5. The van der Waals surface area contributed by atoms with Crippen LogP contribution in [0.25, 0.3) is 0 Å². The average molecular weight is 445 g/mol. The van der Waals surface area contributed by atoms with Gasteiger partial charge >= 0.3 is 6.03 Å². The first-order valence-corrected chi connectivity index (χ1v) is 10.5. The maximum absolute atomic E-state index is 12.9. The van der Waals surface area contributed by atoms with E-state index in [0.29, 0.717) is 19.8 Å². The molecule has 32 heavy (non-hydrogen) atoms. The second-order valence-electron chi connectivity index (χ2n) is 7.40. The molecule has 8 nitrogen and oxygen atoms in total. The molecule has 3 rings (SSSR count). The zero-order valence-electron chi connectivity index (χ0n) is 18.1. The molecule has 0 saturated carbocycles. The predicted molar refractivity (Wildman–Crippen MR) is 118 cm³/mol. The van der Waals surface area contributed by atoms with Gasteiger partial charge in [0.25, 0.3) is 0 Å². The van der Waals surface area contributed by atoms with Crippen molar-refractivity contribution in [3.63, 3.8) is 0 Å². The number of nitrogens with one attached hydrogen (secondary N) is 3. The van der Waals surface area contributed by atoms with E-state index in [1.165, 1.54) is 12.1 Å². The van der Waals surface area contributed by atoms with Crippen molar-refractivity contribution >= 4 is 11.9 Å². The smallest absolute Gasteiger partial charge is 0.315 e. The molecule has 0 unspecified atom stereocenters. The highest BCUT2D eigenvalue weighted by atomic mass is 19.1. The molecule has 1 heterocycles. The molecule has 1 aliphatic rings. The van der Waals surface area contributed by atoms with Gasteiger partial charge in [0.2, 0.25) is 5.91 Å². The molecule has 172 valence electrons. The molecule has 1 aliphatic heterocycles. The summed E-state index contributed by atoms with van der Waals surface area (Å²) in [5.74, 6) is 0.156. The summed E-state index contributed by atoms with van der Waals surface area (Å²) in [4.78, 5) is 26.5. The summed E-state index contributed by atoms with van der Waals surface area (Å²) in [6, 6.07) is 13.1. The molecule has 1 fully saturated rings. The number of hydrogen-bond donors (Lipinski definition) is 3. The second kappa shape index (κ2) is 12.0. The van der Waals surface area contributed by atoms with Crippen LogP contribution in [0, 0.1) is 5.82 Å². The fraction of sp³-hybridized carbons (Fsp3) is 0.391. The average Bonchev–Trinajstić information content (AvgIpc) is 2.83. The van der Waals surface area contributed by atoms with Crippen LogP contribution >= 0.6 is 0 Å². The largest absolute Gasteiger partial charge is 0.497 e. The maximum atomic E-state index is 12.9. The van der Waals surface area contributed by atoms with Crippen LogP contribution in [0.4, 0.5) is 9.18 Å². The number of benzene rings is 2. The highest BCUT2D eigenvalue weighted by Crippen LogP contribution is 2.23. The maximum Gasteiger partial charge on any atom is 0.315 e. The molecular formula is C23H29FN4O4. The van der Waals surface area contributed by atoms with Crippen molar-refractivity contribution in [2.45, 2.75) is 12.6 Å². The van der Waals surface area contributed by atoms with Gasteiger partial charge in [-0.25, -0.2) is 9.18 Å². The number of rotatable bonds is 9. The molecule has 0 bridgehead atoms. The number of halogens is 1. The van der Waals surface area contributed by atoms with Crippen molar-refractivity contribution in [2.75, 3.05) is 46.5 Å². The molecule has 1 atom stereocenters. The Hall–Kier alpha value is -3.17. The SMILES string of the molecule is COc1ccc([C@@H](CNC(=O)CNC(=O)NCc2ccc(F)cc2)N2CCOCC2)cc1. The summed E-state index contributed by atoms with van der Waals surface area (Å²) >= 11 is 0. The number of nitrogens with zero attached hydrogens (tertiary/aromatic N) is 1. The van der Waals surface area contributed by atoms with Gasteiger partial charge in [-0.2, -0.15) is 0 Å².